The van der Waals surface area contributed by atoms with Crippen LogP contribution < -0.4 is 5.73 Å². The van der Waals surface area contributed by atoms with Crippen LogP contribution in [-0.2, 0) is 0 Å². The van der Waals surface area contributed by atoms with E-state index < -0.39 is 5.91 Å². The number of hydrogen-bond donors (Lipinski definition) is 1. The molecule has 0 spiro atoms. The van der Waals surface area contributed by atoms with Crippen LogP contribution >= 0.6 is 0 Å². The molecule has 0 unspecified atom stereocenters. The van der Waals surface area contributed by atoms with Crippen molar-refractivity contribution in [3.05, 3.63) is 18.2 Å². The number of likely N-dealkylation sites (N-methyl/N-ethyl adjacent to an activating group) is 1. The van der Waals surface area contributed by atoms with Gasteiger partial charge in [-0.15, -0.1) is 0 Å². The Kier molecular flexibility index (Phi) is 2.73. The van der Waals surface area contributed by atoms with Gasteiger partial charge in [-0.25, -0.2) is 4.98 Å². The smallest absolute Gasteiger partial charge is 0.268 e. The van der Waals surface area contributed by atoms with Gasteiger partial charge < -0.3 is 15.2 Å². The van der Waals surface area contributed by atoms with E-state index in [0.717, 1.165) is 19.5 Å². The summed E-state index contributed by atoms with van der Waals surface area (Å²) in [5, 5.41) is 0. The van der Waals surface area contributed by atoms with Crippen molar-refractivity contribution < 1.29 is 4.79 Å². The van der Waals surface area contributed by atoms with E-state index >= 15 is 0 Å². The average molecular weight is 208 g/mol. The van der Waals surface area contributed by atoms with Crippen molar-refractivity contribution in [1.29, 1.82) is 0 Å². The van der Waals surface area contributed by atoms with E-state index in [1.807, 2.05) is 4.57 Å². The monoisotopic (exact) mass is 208 g/mol. The predicted molar refractivity (Wildman–Crippen MR) is 56.5 cm³/mol. The number of hydrogen-bond acceptors (Lipinski definition) is 3. The van der Waals surface area contributed by atoms with E-state index in [4.69, 9.17) is 5.73 Å². The Morgan fingerprint density at radius 3 is 3.07 bits per heavy atom. The SMILES string of the molecule is CN1CCC[C@@H](n2cnc(C(N)=O)c2)C1. The molecule has 1 fully saturated rings. The van der Waals surface area contributed by atoms with Gasteiger partial charge in [-0.1, -0.05) is 0 Å². The van der Waals surface area contributed by atoms with Crippen LogP contribution in [0.1, 0.15) is 29.4 Å². The lowest BCUT2D eigenvalue weighted by atomic mass is 10.1. The largest absolute Gasteiger partial charge is 0.364 e. The van der Waals surface area contributed by atoms with Crippen molar-refractivity contribution in [1.82, 2.24) is 14.5 Å². The number of amides is 1. The second-order valence-electron chi connectivity index (χ2n) is 4.13. The molecule has 0 aliphatic carbocycles. The summed E-state index contributed by atoms with van der Waals surface area (Å²) < 4.78 is 2.00. The maximum Gasteiger partial charge on any atom is 0.268 e. The average Bonchev–Trinajstić information content (AvgIpc) is 2.66. The van der Waals surface area contributed by atoms with Crippen molar-refractivity contribution in [2.24, 2.45) is 5.73 Å². The maximum atomic E-state index is 10.9. The van der Waals surface area contributed by atoms with E-state index in [1.54, 1.807) is 12.5 Å². The van der Waals surface area contributed by atoms with Gasteiger partial charge >= 0.3 is 0 Å². The molecule has 1 aliphatic rings. The third-order valence-corrected chi connectivity index (χ3v) is 2.88. The Morgan fingerprint density at radius 1 is 1.67 bits per heavy atom. The quantitative estimate of drug-likeness (QED) is 0.757. The molecule has 1 aromatic rings. The van der Waals surface area contributed by atoms with Crippen molar-refractivity contribution >= 4 is 5.91 Å². The molecule has 2 N–H and O–H groups in total. The molecule has 1 atom stereocenters. The molecule has 0 aromatic carbocycles. The first kappa shape index (κ1) is 10.2. The van der Waals surface area contributed by atoms with Gasteiger partial charge in [0, 0.05) is 18.8 Å². The van der Waals surface area contributed by atoms with Gasteiger partial charge in [0.1, 0.15) is 5.69 Å². The number of imidazole rings is 1. The van der Waals surface area contributed by atoms with Crippen LogP contribution in [0.5, 0.6) is 0 Å². The number of carbonyl (C=O) groups excluding carboxylic acids is 1. The lowest BCUT2D eigenvalue weighted by molar-refractivity contribution is 0.0996. The summed E-state index contributed by atoms with van der Waals surface area (Å²) >= 11 is 0. The first-order valence-corrected chi connectivity index (χ1v) is 5.18. The van der Waals surface area contributed by atoms with Gasteiger partial charge in [0.05, 0.1) is 6.33 Å². The van der Waals surface area contributed by atoms with Gasteiger partial charge in [-0.2, -0.15) is 0 Å². The third kappa shape index (κ3) is 2.18. The molecule has 1 aromatic heterocycles. The maximum absolute atomic E-state index is 10.9. The van der Waals surface area contributed by atoms with Crippen molar-refractivity contribution in [2.45, 2.75) is 18.9 Å². The highest BCUT2D eigenvalue weighted by atomic mass is 16.1. The zero-order chi connectivity index (χ0) is 10.8. The predicted octanol–water partition coefficient (Wildman–Crippen LogP) is 0.249. The minimum atomic E-state index is -0.460. The Balaban J connectivity index is 2.11. The molecule has 1 amide bonds. The summed E-state index contributed by atoms with van der Waals surface area (Å²) in [4.78, 5) is 17.2. The number of nitrogens with zero attached hydrogens (tertiary/aromatic N) is 3. The first-order chi connectivity index (χ1) is 7.16. The number of aromatic nitrogens is 2. The lowest BCUT2D eigenvalue weighted by Gasteiger charge is -2.30. The molecule has 2 heterocycles. The second-order valence-corrected chi connectivity index (χ2v) is 4.13. The summed E-state index contributed by atoms with van der Waals surface area (Å²) in [5.74, 6) is -0.460. The number of rotatable bonds is 2. The number of likely N-dealkylation sites (tertiary alicyclic amines) is 1. The molecule has 1 saturated heterocycles. The third-order valence-electron chi connectivity index (χ3n) is 2.88. The van der Waals surface area contributed by atoms with Crippen LogP contribution in [0.15, 0.2) is 12.5 Å². The van der Waals surface area contributed by atoms with Crippen molar-refractivity contribution in [2.75, 3.05) is 20.1 Å². The molecule has 1 aliphatic heterocycles. The van der Waals surface area contributed by atoms with Crippen LogP contribution in [0.2, 0.25) is 0 Å². The second kappa shape index (κ2) is 4.02. The fourth-order valence-corrected chi connectivity index (χ4v) is 2.05. The molecule has 0 bridgehead atoms. The van der Waals surface area contributed by atoms with Gasteiger partial charge in [-0.05, 0) is 26.4 Å². The Hall–Kier alpha value is -1.36. The molecule has 0 saturated carbocycles. The molecule has 15 heavy (non-hydrogen) atoms. The van der Waals surface area contributed by atoms with E-state index in [9.17, 15) is 4.79 Å². The minimum Gasteiger partial charge on any atom is -0.364 e. The van der Waals surface area contributed by atoms with Gasteiger partial charge in [0.15, 0.2) is 0 Å². The number of primary amides is 1. The van der Waals surface area contributed by atoms with Crippen molar-refractivity contribution in [3.8, 4) is 0 Å². The molecular weight excluding hydrogens is 192 g/mol. The Bertz CT molecular complexity index is 360. The molecule has 5 nitrogen and oxygen atoms in total. The highest BCUT2D eigenvalue weighted by Crippen LogP contribution is 2.20. The van der Waals surface area contributed by atoms with Crippen molar-refractivity contribution in [3.63, 3.8) is 0 Å². The van der Waals surface area contributed by atoms with E-state index in [1.165, 1.54) is 6.42 Å². The molecule has 2 rings (SSSR count). The summed E-state index contributed by atoms with van der Waals surface area (Å²) in [6.07, 6.45) is 5.76. The van der Waals surface area contributed by atoms with Crippen LogP contribution in [0.4, 0.5) is 0 Å². The number of carbonyl (C=O) groups is 1. The fourth-order valence-electron chi connectivity index (χ4n) is 2.05. The topological polar surface area (TPSA) is 64.2 Å². The Labute approximate surface area is 88.9 Å². The van der Waals surface area contributed by atoms with Crippen LogP contribution in [0.25, 0.3) is 0 Å². The van der Waals surface area contributed by atoms with E-state index in [2.05, 4.69) is 16.9 Å². The number of piperidine rings is 1. The fraction of sp³-hybridized carbons (Fsp3) is 0.600. The zero-order valence-electron chi connectivity index (χ0n) is 8.89. The summed E-state index contributed by atoms with van der Waals surface area (Å²) in [7, 11) is 2.11. The van der Waals surface area contributed by atoms with Crippen LogP contribution in [-0.4, -0.2) is 40.5 Å². The van der Waals surface area contributed by atoms with Gasteiger partial charge in [-0.3, -0.25) is 4.79 Å². The summed E-state index contributed by atoms with van der Waals surface area (Å²) in [6.45, 7) is 2.16. The van der Waals surface area contributed by atoms with Gasteiger partial charge in [0.2, 0.25) is 0 Å². The van der Waals surface area contributed by atoms with Gasteiger partial charge in [0.25, 0.3) is 5.91 Å². The molecule has 0 radical (unpaired) electrons. The highest BCUT2D eigenvalue weighted by Gasteiger charge is 2.19. The molecule has 82 valence electrons. The highest BCUT2D eigenvalue weighted by molar-refractivity contribution is 5.90. The van der Waals surface area contributed by atoms with E-state index in [-0.39, 0.29) is 0 Å². The molecular formula is C10H16N4O. The first-order valence-electron chi connectivity index (χ1n) is 5.18. The van der Waals surface area contributed by atoms with Crippen LogP contribution in [0.3, 0.4) is 0 Å². The normalized spacial score (nSPS) is 22.9. The van der Waals surface area contributed by atoms with Crippen LogP contribution in [0, 0.1) is 0 Å². The minimum absolute atomic E-state index is 0.350. The summed E-state index contributed by atoms with van der Waals surface area (Å²) in [6, 6.07) is 0.421. The molecule has 5 heteroatoms. The standard InChI is InChI=1S/C10H16N4O/c1-13-4-2-3-8(5-13)14-6-9(10(11)15)12-7-14/h6-8H,2-5H2,1H3,(H2,11,15)/t8-/m1/s1. The Morgan fingerprint density at radius 2 is 2.47 bits per heavy atom. The van der Waals surface area contributed by atoms with E-state index in [0.29, 0.717) is 11.7 Å². The number of nitrogens with two attached hydrogens (primary N) is 1. The lowest BCUT2D eigenvalue weighted by Crippen LogP contribution is -2.33. The summed E-state index contributed by atoms with van der Waals surface area (Å²) in [5.41, 5.74) is 5.51. The zero-order valence-corrected chi connectivity index (χ0v) is 8.89.